The molecule has 10 heteroatoms. The Bertz CT molecular complexity index is 409. The predicted octanol–water partition coefficient (Wildman–Crippen LogP) is 2.35. The van der Waals surface area contributed by atoms with Crippen LogP contribution in [0.2, 0.25) is 0 Å². The van der Waals surface area contributed by atoms with Gasteiger partial charge in [0.05, 0.1) is 10.6 Å². The molecule has 17 heavy (non-hydrogen) atoms. The molecule has 3 N–H and O–H groups in total. The summed E-state index contributed by atoms with van der Waals surface area (Å²) in [7, 11) is 0. The summed E-state index contributed by atoms with van der Waals surface area (Å²) in [4.78, 5) is 1.87. The van der Waals surface area contributed by atoms with E-state index < -0.39 is 33.7 Å². The van der Waals surface area contributed by atoms with Crippen LogP contribution >= 0.6 is 11.3 Å². The Morgan fingerprint density at radius 2 is 1.53 bits per heavy atom. The van der Waals surface area contributed by atoms with Gasteiger partial charge >= 0.3 is 12.4 Å². The van der Waals surface area contributed by atoms with Gasteiger partial charge in [0, 0.05) is 0 Å². The number of thiazole rings is 1. The van der Waals surface area contributed by atoms with Crippen LogP contribution in [0.1, 0.15) is 10.6 Å². The average molecular weight is 280 g/mol. The summed E-state index contributed by atoms with van der Waals surface area (Å²) in [6.45, 7) is 0.907. The molecule has 0 saturated carbocycles. The van der Waals surface area contributed by atoms with Crippen molar-refractivity contribution in [3.8, 4) is 0 Å². The number of aliphatic hydroxyl groups is 1. The van der Waals surface area contributed by atoms with Gasteiger partial charge in [-0.1, -0.05) is 11.3 Å². The first-order valence-electron chi connectivity index (χ1n) is 4.00. The highest BCUT2D eigenvalue weighted by molar-refractivity contribution is 7.15. The predicted molar refractivity (Wildman–Crippen MR) is 47.3 cm³/mol. The molecule has 0 radical (unpaired) electrons. The van der Waals surface area contributed by atoms with Crippen molar-refractivity contribution in [2.45, 2.75) is 24.9 Å². The summed E-state index contributed by atoms with van der Waals surface area (Å²) in [5.41, 5.74) is -0.528. The van der Waals surface area contributed by atoms with E-state index in [1.54, 1.807) is 0 Å². The number of nitrogens with two attached hydrogens (primary N) is 1. The summed E-state index contributed by atoms with van der Waals surface area (Å²) in [5, 5.41) is 8.53. The van der Waals surface area contributed by atoms with E-state index >= 15 is 0 Å². The van der Waals surface area contributed by atoms with E-state index in [1.807, 2.05) is 0 Å². The van der Waals surface area contributed by atoms with Gasteiger partial charge in [-0.15, -0.1) is 0 Å². The van der Waals surface area contributed by atoms with Crippen molar-refractivity contribution in [3.05, 3.63) is 10.6 Å². The zero-order valence-electron chi connectivity index (χ0n) is 8.15. The second kappa shape index (κ2) is 3.73. The Morgan fingerprint density at radius 3 is 1.76 bits per heavy atom. The number of hydrogen-bond donors (Lipinski definition) is 2. The number of aryl methyl sites for hydroxylation is 1. The van der Waals surface area contributed by atoms with Gasteiger partial charge in [-0.3, -0.25) is 0 Å². The molecule has 0 aliphatic heterocycles. The van der Waals surface area contributed by atoms with E-state index in [-0.39, 0.29) is 11.3 Å². The van der Waals surface area contributed by atoms with Gasteiger partial charge in [0.1, 0.15) is 0 Å². The number of aromatic nitrogens is 1. The summed E-state index contributed by atoms with van der Waals surface area (Å²) in [5.74, 6) is 0. The first kappa shape index (κ1) is 14.0. The van der Waals surface area contributed by atoms with Crippen LogP contribution in [0.15, 0.2) is 0 Å². The van der Waals surface area contributed by atoms with E-state index in [0.717, 1.165) is 6.92 Å². The van der Waals surface area contributed by atoms with Gasteiger partial charge in [-0.05, 0) is 6.92 Å². The van der Waals surface area contributed by atoms with Crippen LogP contribution in [0.3, 0.4) is 0 Å². The molecule has 1 rings (SSSR count). The molecule has 0 spiro atoms. The molecule has 3 nitrogen and oxygen atoms in total. The Labute approximate surface area is 94.9 Å². The van der Waals surface area contributed by atoms with Crippen LogP contribution in [0, 0.1) is 6.92 Å². The van der Waals surface area contributed by atoms with Crippen molar-refractivity contribution in [3.63, 3.8) is 0 Å². The minimum atomic E-state index is -5.91. The van der Waals surface area contributed by atoms with Crippen LogP contribution in [0.4, 0.5) is 31.5 Å². The largest absolute Gasteiger partial charge is 0.431 e. The lowest BCUT2D eigenvalue weighted by Crippen LogP contribution is -2.53. The fourth-order valence-corrected chi connectivity index (χ4v) is 2.14. The first-order valence-corrected chi connectivity index (χ1v) is 4.82. The molecule has 1 aromatic heterocycles. The molecule has 1 aromatic rings. The van der Waals surface area contributed by atoms with Crippen molar-refractivity contribution in [1.82, 2.24) is 4.98 Å². The molecule has 0 unspecified atom stereocenters. The van der Waals surface area contributed by atoms with Gasteiger partial charge < -0.3 is 10.8 Å². The molecule has 0 aliphatic rings. The second-order valence-corrected chi connectivity index (χ2v) is 4.20. The zero-order chi connectivity index (χ0) is 13.6. The SMILES string of the molecule is Cc1nc(N)sc1C(O)(C(F)(F)F)C(F)(F)F. The minimum Gasteiger partial charge on any atom is -0.375 e. The van der Waals surface area contributed by atoms with Crippen molar-refractivity contribution >= 4 is 16.5 Å². The molecule has 0 fully saturated rings. The molecule has 0 aromatic carbocycles. The van der Waals surface area contributed by atoms with Crippen LogP contribution in [0.25, 0.3) is 0 Å². The summed E-state index contributed by atoms with van der Waals surface area (Å²) in [6.07, 6.45) is -11.8. The fourth-order valence-electron chi connectivity index (χ4n) is 1.17. The van der Waals surface area contributed by atoms with Gasteiger partial charge in [0.2, 0.25) is 0 Å². The number of rotatable bonds is 1. The van der Waals surface area contributed by atoms with Crippen molar-refractivity contribution in [1.29, 1.82) is 0 Å². The third kappa shape index (κ3) is 2.06. The molecule has 0 bridgehead atoms. The standard InChI is InChI=1S/C7H6F6N2OS/c1-2-3(17-4(14)15-2)5(16,6(8,9)10)7(11,12)13/h16H,1H3,(H2,14,15). The number of alkyl halides is 6. The molecular weight excluding hydrogens is 274 g/mol. The fraction of sp³-hybridized carbons (Fsp3) is 0.571. The number of anilines is 1. The maximum absolute atomic E-state index is 12.4. The van der Waals surface area contributed by atoms with E-state index in [2.05, 4.69) is 4.98 Å². The lowest BCUT2D eigenvalue weighted by molar-refractivity contribution is -0.375. The van der Waals surface area contributed by atoms with Crippen molar-refractivity contribution in [2.75, 3.05) is 5.73 Å². The molecule has 0 aliphatic carbocycles. The van der Waals surface area contributed by atoms with Crippen LogP contribution in [-0.4, -0.2) is 22.4 Å². The Morgan fingerprint density at radius 1 is 1.12 bits per heavy atom. The number of hydrogen-bond acceptors (Lipinski definition) is 4. The number of nitrogen functional groups attached to an aromatic ring is 1. The lowest BCUT2D eigenvalue weighted by atomic mass is 9.99. The first-order chi connectivity index (χ1) is 7.41. The quantitative estimate of drug-likeness (QED) is 0.776. The summed E-state index contributed by atoms with van der Waals surface area (Å²) < 4.78 is 74.7. The highest BCUT2D eigenvalue weighted by atomic mass is 32.1. The molecule has 98 valence electrons. The van der Waals surface area contributed by atoms with Gasteiger partial charge in [0.15, 0.2) is 5.13 Å². The normalized spacial score (nSPS) is 14.1. The topological polar surface area (TPSA) is 59.1 Å². The molecular formula is C7H6F6N2OS. The van der Waals surface area contributed by atoms with Crippen LogP contribution in [0.5, 0.6) is 0 Å². The molecule has 1 heterocycles. The Balaban J connectivity index is 3.52. The van der Waals surface area contributed by atoms with E-state index in [9.17, 15) is 26.3 Å². The van der Waals surface area contributed by atoms with Crippen LogP contribution in [-0.2, 0) is 5.60 Å². The minimum absolute atomic E-state index is 0.0483. The summed E-state index contributed by atoms with van der Waals surface area (Å²) in [6, 6.07) is 0. The van der Waals surface area contributed by atoms with Gasteiger partial charge in [-0.25, -0.2) is 4.98 Å². The third-order valence-corrected chi connectivity index (χ3v) is 3.06. The Hall–Kier alpha value is -1.03. The van der Waals surface area contributed by atoms with Crippen LogP contribution < -0.4 is 5.73 Å². The monoisotopic (exact) mass is 280 g/mol. The highest BCUT2D eigenvalue weighted by Gasteiger charge is 2.72. The molecule has 0 atom stereocenters. The maximum Gasteiger partial charge on any atom is 0.431 e. The van der Waals surface area contributed by atoms with Crippen molar-refractivity contribution in [2.24, 2.45) is 0 Å². The number of halogens is 6. The van der Waals surface area contributed by atoms with Gasteiger partial charge in [-0.2, -0.15) is 26.3 Å². The third-order valence-electron chi connectivity index (χ3n) is 1.96. The number of nitrogens with zero attached hydrogens (tertiary/aromatic N) is 1. The highest BCUT2D eigenvalue weighted by Crippen LogP contribution is 2.52. The smallest absolute Gasteiger partial charge is 0.375 e. The molecule has 0 saturated heterocycles. The average Bonchev–Trinajstić information content (AvgIpc) is 2.40. The Kier molecular flexibility index (Phi) is 3.08. The van der Waals surface area contributed by atoms with E-state index in [4.69, 9.17) is 10.8 Å². The second-order valence-electron chi connectivity index (χ2n) is 3.17. The van der Waals surface area contributed by atoms with E-state index in [1.165, 1.54) is 0 Å². The van der Waals surface area contributed by atoms with E-state index in [0.29, 0.717) is 0 Å². The van der Waals surface area contributed by atoms with Gasteiger partial charge in [0.25, 0.3) is 5.60 Å². The maximum atomic E-state index is 12.4. The molecule has 0 amide bonds. The summed E-state index contributed by atoms with van der Waals surface area (Å²) >= 11 is -0.0483. The van der Waals surface area contributed by atoms with Crippen molar-refractivity contribution < 1.29 is 31.4 Å². The lowest BCUT2D eigenvalue weighted by Gasteiger charge is -2.31. The zero-order valence-corrected chi connectivity index (χ0v) is 8.96.